The number of hydrogen-bond acceptors (Lipinski definition) is 3. The number of sulfonamides is 1. The summed E-state index contributed by atoms with van der Waals surface area (Å²) in [5.41, 5.74) is 0. The smallest absolute Gasteiger partial charge is 0.238 e. The van der Waals surface area contributed by atoms with Gasteiger partial charge >= 0.3 is 0 Å². The highest BCUT2D eigenvalue weighted by atomic mass is 79.9. The summed E-state index contributed by atoms with van der Waals surface area (Å²) in [6.07, 6.45) is 5.92. The van der Waals surface area contributed by atoms with E-state index < -0.39 is 10.0 Å². The Kier molecular flexibility index (Phi) is 5.73. The van der Waals surface area contributed by atoms with Crippen molar-refractivity contribution in [1.29, 1.82) is 0 Å². The second-order valence-electron chi connectivity index (χ2n) is 5.37. The maximum Gasteiger partial charge on any atom is 0.238 e. The highest BCUT2D eigenvalue weighted by molar-refractivity contribution is 9.11. The second-order valence-corrected chi connectivity index (χ2v) is 8.64. The number of nitrogens with two attached hydrogens (primary N) is 1. The molecular formula is C14H19Br2NO3S. The van der Waals surface area contributed by atoms with Crippen molar-refractivity contribution in [1.82, 2.24) is 0 Å². The zero-order chi connectivity index (χ0) is 15.6. The van der Waals surface area contributed by atoms with Gasteiger partial charge in [0.15, 0.2) is 0 Å². The zero-order valence-electron chi connectivity index (χ0n) is 11.8. The largest absolute Gasteiger partial charge is 0.488 e. The fourth-order valence-corrected chi connectivity index (χ4v) is 5.00. The van der Waals surface area contributed by atoms with Crippen LogP contribution in [-0.4, -0.2) is 14.5 Å². The van der Waals surface area contributed by atoms with Crippen molar-refractivity contribution in [3.63, 3.8) is 0 Å². The van der Waals surface area contributed by atoms with E-state index in [1.54, 1.807) is 0 Å². The number of rotatable bonds is 4. The maximum absolute atomic E-state index is 11.4. The first-order valence-electron chi connectivity index (χ1n) is 7.01. The minimum absolute atomic E-state index is 0.0595. The van der Waals surface area contributed by atoms with Crippen LogP contribution in [0.1, 0.15) is 39.0 Å². The topological polar surface area (TPSA) is 69.4 Å². The van der Waals surface area contributed by atoms with Crippen molar-refractivity contribution in [2.45, 2.75) is 50.0 Å². The molecule has 2 atom stereocenters. The molecule has 2 N–H and O–H groups in total. The highest BCUT2D eigenvalue weighted by Gasteiger charge is 2.27. The molecule has 118 valence electrons. The van der Waals surface area contributed by atoms with E-state index >= 15 is 0 Å². The molecule has 0 radical (unpaired) electrons. The van der Waals surface area contributed by atoms with Gasteiger partial charge in [0.2, 0.25) is 10.0 Å². The van der Waals surface area contributed by atoms with Gasteiger partial charge in [-0.3, -0.25) is 0 Å². The molecule has 1 fully saturated rings. The summed E-state index contributed by atoms with van der Waals surface area (Å²) in [5.74, 6) is 1.20. The predicted octanol–water partition coefficient (Wildman–Crippen LogP) is 4.21. The predicted molar refractivity (Wildman–Crippen MR) is 89.9 cm³/mol. The average molecular weight is 441 g/mol. The van der Waals surface area contributed by atoms with Crippen LogP contribution in [0.4, 0.5) is 0 Å². The summed E-state index contributed by atoms with van der Waals surface area (Å²) in [6, 6.07) is 2.97. The van der Waals surface area contributed by atoms with Gasteiger partial charge in [-0.1, -0.05) is 13.3 Å². The first-order chi connectivity index (χ1) is 9.82. The molecule has 1 aromatic rings. The molecule has 2 unspecified atom stereocenters. The van der Waals surface area contributed by atoms with E-state index in [0.717, 1.165) is 12.8 Å². The molecule has 1 aliphatic carbocycles. The minimum Gasteiger partial charge on any atom is -0.488 e. The van der Waals surface area contributed by atoms with Gasteiger partial charge in [0.05, 0.1) is 13.8 Å². The summed E-state index contributed by atoms with van der Waals surface area (Å²) in [7, 11) is -3.73. The van der Waals surface area contributed by atoms with E-state index in [4.69, 9.17) is 9.88 Å². The van der Waals surface area contributed by atoms with Crippen molar-refractivity contribution in [3.8, 4) is 5.75 Å². The second kappa shape index (κ2) is 6.98. The summed E-state index contributed by atoms with van der Waals surface area (Å²) in [4.78, 5) is 0.0595. The molecular weight excluding hydrogens is 422 g/mol. The number of benzene rings is 1. The standard InChI is InChI=1S/C14H19Br2NO3S/c1-2-9-5-3-4-6-13(9)20-14-11(15)7-10(8-12(14)16)21(17,18)19/h7-9,13H,2-6H2,1H3,(H2,17,18,19). The van der Waals surface area contributed by atoms with Gasteiger partial charge in [-0.25, -0.2) is 13.6 Å². The molecule has 4 nitrogen and oxygen atoms in total. The van der Waals surface area contributed by atoms with Crippen LogP contribution in [0.25, 0.3) is 0 Å². The first-order valence-corrected chi connectivity index (χ1v) is 10.1. The lowest BCUT2D eigenvalue weighted by Crippen LogP contribution is -2.30. The summed E-state index contributed by atoms with van der Waals surface area (Å²) < 4.78 is 30.2. The van der Waals surface area contributed by atoms with Gasteiger partial charge in [-0.05, 0) is 75.6 Å². The Morgan fingerprint density at radius 2 is 1.81 bits per heavy atom. The summed E-state index contributed by atoms with van der Waals surface area (Å²) in [5, 5.41) is 5.16. The lowest BCUT2D eigenvalue weighted by atomic mass is 9.85. The monoisotopic (exact) mass is 439 g/mol. The average Bonchev–Trinajstić information content (AvgIpc) is 2.42. The van der Waals surface area contributed by atoms with Crippen molar-refractivity contribution < 1.29 is 13.2 Å². The quantitative estimate of drug-likeness (QED) is 0.762. The van der Waals surface area contributed by atoms with E-state index in [0.29, 0.717) is 20.6 Å². The molecule has 1 aromatic carbocycles. The summed E-state index contributed by atoms with van der Waals surface area (Å²) in [6.45, 7) is 2.18. The number of halogens is 2. The van der Waals surface area contributed by atoms with Crippen LogP contribution < -0.4 is 9.88 Å². The van der Waals surface area contributed by atoms with Crippen LogP contribution in [0.5, 0.6) is 5.75 Å². The Labute approximate surface area is 142 Å². The third-order valence-electron chi connectivity index (χ3n) is 3.93. The molecule has 0 bridgehead atoms. The Morgan fingerprint density at radius 1 is 1.24 bits per heavy atom. The normalized spacial score (nSPS) is 23.0. The summed E-state index contributed by atoms with van der Waals surface area (Å²) >= 11 is 6.77. The van der Waals surface area contributed by atoms with Crippen molar-refractivity contribution in [2.24, 2.45) is 11.1 Å². The molecule has 0 saturated heterocycles. The van der Waals surface area contributed by atoms with Crippen molar-refractivity contribution >= 4 is 41.9 Å². The van der Waals surface area contributed by atoms with Gasteiger partial charge in [0, 0.05) is 0 Å². The fraction of sp³-hybridized carbons (Fsp3) is 0.571. The molecule has 21 heavy (non-hydrogen) atoms. The van der Waals surface area contributed by atoms with Crippen LogP contribution in [0.3, 0.4) is 0 Å². The van der Waals surface area contributed by atoms with Crippen molar-refractivity contribution in [2.75, 3.05) is 0 Å². The van der Waals surface area contributed by atoms with Crippen LogP contribution in [0.15, 0.2) is 26.0 Å². The van der Waals surface area contributed by atoms with E-state index in [1.807, 2.05) is 0 Å². The Bertz CT molecular complexity index is 596. The molecule has 0 amide bonds. The van der Waals surface area contributed by atoms with Gasteiger partial charge in [0.25, 0.3) is 0 Å². The Morgan fingerprint density at radius 3 is 2.33 bits per heavy atom. The van der Waals surface area contributed by atoms with E-state index in [1.165, 1.54) is 31.4 Å². The molecule has 0 aromatic heterocycles. The molecule has 0 spiro atoms. The molecule has 2 rings (SSSR count). The van der Waals surface area contributed by atoms with Crippen molar-refractivity contribution in [3.05, 3.63) is 21.1 Å². The van der Waals surface area contributed by atoms with E-state index in [9.17, 15) is 8.42 Å². The minimum atomic E-state index is -3.73. The van der Waals surface area contributed by atoms with Crippen LogP contribution in [0, 0.1) is 5.92 Å². The molecule has 1 aliphatic rings. The number of primary sulfonamides is 1. The zero-order valence-corrected chi connectivity index (χ0v) is 15.8. The Balaban J connectivity index is 2.28. The molecule has 0 heterocycles. The fourth-order valence-electron chi connectivity index (χ4n) is 2.76. The van der Waals surface area contributed by atoms with E-state index in [2.05, 4.69) is 38.8 Å². The highest BCUT2D eigenvalue weighted by Crippen LogP contribution is 2.39. The molecule has 0 aliphatic heterocycles. The van der Waals surface area contributed by atoms with Crippen LogP contribution >= 0.6 is 31.9 Å². The third kappa shape index (κ3) is 4.21. The lowest BCUT2D eigenvalue weighted by molar-refractivity contribution is 0.0888. The van der Waals surface area contributed by atoms with Gasteiger partial charge in [-0.15, -0.1) is 0 Å². The van der Waals surface area contributed by atoms with Gasteiger partial charge in [-0.2, -0.15) is 0 Å². The molecule has 7 heteroatoms. The van der Waals surface area contributed by atoms with Gasteiger partial charge in [0.1, 0.15) is 11.9 Å². The maximum atomic E-state index is 11.4. The number of hydrogen-bond donors (Lipinski definition) is 1. The first kappa shape index (κ1) is 17.2. The third-order valence-corrected chi connectivity index (χ3v) is 6.00. The van der Waals surface area contributed by atoms with Crippen LogP contribution in [0.2, 0.25) is 0 Å². The molecule has 1 saturated carbocycles. The van der Waals surface area contributed by atoms with E-state index in [-0.39, 0.29) is 11.0 Å². The Hall–Kier alpha value is -0.110. The van der Waals surface area contributed by atoms with Crippen LogP contribution in [-0.2, 0) is 10.0 Å². The lowest BCUT2D eigenvalue weighted by Gasteiger charge is -2.32. The SMILES string of the molecule is CCC1CCCCC1Oc1c(Br)cc(S(N)(=O)=O)cc1Br. The van der Waals surface area contributed by atoms with Gasteiger partial charge < -0.3 is 4.74 Å². The number of ether oxygens (including phenoxy) is 1.